The Kier molecular flexibility index (Phi) is 50.7. The van der Waals surface area contributed by atoms with Crippen LogP contribution in [0.3, 0.4) is 0 Å². The normalized spacial score (nSPS) is 12.0. The van der Waals surface area contributed by atoms with Gasteiger partial charge in [0.25, 0.3) is 0 Å². The summed E-state index contributed by atoms with van der Waals surface area (Å²) in [6.07, 6.45) is 17.0. The summed E-state index contributed by atoms with van der Waals surface area (Å²) in [5, 5.41) is 74.3. The monoisotopic (exact) mass is 1710 g/mol. The zero-order valence-corrected chi connectivity index (χ0v) is 64.5. The first kappa shape index (κ1) is 96.4. The van der Waals surface area contributed by atoms with Gasteiger partial charge in [0, 0.05) is 12.2 Å². The topological polar surface area (TPSA) is 441 Å². The molecule has 109 heavy (non-hydrogen) atoms. The molecule has 4 aromatic rings. The van der Waals surface area contributed by atoms with Gasteiger partial charge in [-0.2, -0.15) is 0 Å². The van der Waals surface area contributed by atoms with Crippen molar-refractivity contribution in [2.75, 3.05) is 85.9 Å². The molecule has 4 atom stereocenters. The molecule has 0 saturated heterocycles. The maximum atomic E-state index is 13.3. The van der Waals surface area contributed by atoms with Crippen molar-refractivity contribution < 1.29 is 146 Å². The van der Waals surface area contributed by atoms with E-state index < -0.39 is 93.4 Å². The standard InChI is InChI=1S/C40H58O16.C40H50O8.4O.Os/c41-22-33(45)8-1-4-13-54-38(50)30-17-27(16-29(20-30)37(49)26-53-12-7-11-36(48)25-44)28-18-31(39(51)55-14-5-2-9-34(46)23-42)21-32(19-28)40(52)56-15-6-3-10-35(47)24-43;1-5-9-13-17-21-45-37(41)33-25-31(26-34(29-33)38(42)46-22-18-14-10-6-2)32-27-35(39(43)47-23-19-15-11-7-3)30-36(28-32)40(44)48-24-20-16-12-8-4;;;;;/h16-21,33-36,41-48H,1-15,22-26H2;5-8,25-30H,1-4,9-24H2;;;;;. The van der Waals surface area contributed by atoms with Crippen molar-refractivity contribution in [2.45, 2.75) is 172 Å². The summed E-state index contributed by atoms with van der Waals surface area (Å²) in [5.74, 6) is -5.26. The SMILES string of the molecule is C=CCCCCOC(=O)c1cc(C(=O)OCCCCC=C)cc(-c2cc(C(=O)OCCCCC=C)cc(C(=O)OCCCCC=C)c2)c1.O=C(COCCCC(O)CO)c1cc(C(=O)OCCCCC(O)CO)cc(-c2cc(C(=O)OCCCCC(O)CO)cc(C(=O)OCCCCC(O)CO)c2)c1.[O]=[Os](=[O])(=[O])=[O]. The van der Waals surface area contributed by atoms with E-state index in [1.165, 1.54) is 48.5 Å². The van der Waals surface area contributed by atoms with Crippen LogP contribution in [0.5, 0.6) is 0 Å². The van der Waals surface area contributed by atoms with Gasteiger partial charge in [0.1, 0.15) is 6.61 Å². The van der Waals surface area contributed by atoms with Crippen molar-refractivity contribution in [3.63, 3.8) is 0 Å². The Morgan fingerprint density at radius 3 is 0.697 bits per heavy atom. The number of carbonyl (C=O) groups is 8. The van der Waals surface area contributed by atoms with Crippen molar-refractivity contribution in [1.29, 1.82) is 0 Å². The fraction of sp³-hybridized carbons (Fsp3) is 0.500. The van der Waals surface area contributed by atoms with Crippen molar-refractivity contribution in [1.82, 2.24) is 0 Å². The molecule has 8 N–H and O–H groups in total. The Morgan fingerprint density at radius 1 is 0.294 bits per heavy atom. The van der Waals surface area contributed by atoms with Crippen molar-refractivity contribution in [3.05, 3.63) is 168 Å². The number of carbonyl (C=O) groups excluding carboxylic acids is 8. The fourth-order valence-electron chi connectivity index (χ4n) is 9.94. The van der Waals surface area contributed by atoms with Gasteiger partial charge in [-0.1, -0.05) is 24.3 Å². The summed E-state index contributed by atoms with van der Waals surface area (Å²) in [5.41, 5.74) is 1.86. The molecule has 28 nitrogen and oxygen atoms in total. The van der Waals surface area contributed by atoms with E-state index in [2.05, 4.69) is 26.3 Å². The van der Waals surface area contributed by atoms with E-state index in [0.29, 0.717) is 101 Å². The molecule has 4 unspecified atom stereocenters. The summed E-state index contributed by atoms with van der Waals surface area (Å²) in [4.78, 5) is 106. The summed E-state index contributed by atoms with van der Waals surface area (Å²) < 4.78 is 78.3. The molecule has 0 fully saturated rings. The number of esters is 7. The number of Topliss-reactive ketones (excluding diaryl/α,β-unsaturated/α-hetero) is 1. The van der Waals surface area contributed by atoms with Crippen LogP contribution in [0.15, 0.2) is 123 Å². The Hall–Kier alpha value is -8.72. The average molecular weight is 1710 g/mol. The third kappa shape index (κ3) is 43.3. The fourth-order valence-corrected chi connectivity index (χ4v) is 9.94. The van der Waals surface area contributed by atoms with Gasteiger partial charge in [0.15, 0.2) is 5.78 Å². The molecule has 0 radical (unpaired) electrons. The van der Waals surface area contributed by atoms with Crippen LogP contribution in [0.1, 0.15) is 231 Å². The zero-order valence-electron chi connectivity index (χ0n) is 61.9. The molecular formula is C80H108O28Os. The van der Waals surface area contributed by atoms with Crippen LogP contribution in [0.25, 0.3) is 22.3 Å². The number of rotatable bonds is 55. The molecule has 0 spiro atoms. The predicted molar refractivity (Wildman–Crippen MR) is 393 cm³/mol. The predicted octanol–water partition coefficient (Wildman–Crippen LogP) is 10.7. The van der Waals surface area contributed by atoms with E-state index in [0.717, 1.165) is 51.4 Å². The molecule has 0 saturated carbocycles. The van der Waals surface area contributed by atoms with Gasteiger partial charge < -0.3 is 78.7 Å². The molecule has 0 aliphatic heterocycles. The minimum absolute atomic E-state index is 0.0114. The van der Waals surface area contributed by atoms with E-state index in [4.69, 9.17) is 72.5 Å². The molecule has 4 rings (SSSR count). The number of ether oxygens (including phenoxy) is 8. The molecule has 29 heteroatoms. The number of hydrogen-bond acceptors (Lipinski definition) is 28. The average Bonchev–Trinajstić information content (AvgIpc) is 0.804. The van der Waals surface area contributed by atoms with Gasteiger partial charge >= 0.3 is 70.8 Å². The number of aliphatic hydroxyl groups excluding tert-OH is 8. The van der Waals surface area contributed by atoms with Crippen LogP contribution >= 0.6 is 0 Å². The third-order valence-electron chi connectivity index (χ3n) is 15.9. The van der Waals surface area contributed by atoms with E-state index in [9.17, 15) is 58.8 Å². The molecule has 4 aromatic carbocycles. The first-order chi connectivity index (χ1) is 52.2. The van der Waals surface area contributed by atoms with Gasteiger partial charge in [0.2, 0.25) is 0 Å². The van der Waals surface area contributed by atoms with Crippen molar-refractivity contribution >= 4 is 47.6 Å². The van der Waals surface area contributed by atoms with E-state index in [1.54, 1.807) is 48.6 Å². The number of aliphatic hydroxyl groups is 8. The van der Waals surface area contributed by atoms with E-state index >= 15 is 0 Å². The Bertz CT molecular complexity index is 3310. The Morgan fingerprint density at radius 2 is 0.486 bits per heavy atom. The van der Waals surface area contributed by atoms with Gasteiger partial charge in [-0.05, 0) is 243 Å². The number of allylic oxidation sites excluding steroid dienone is 4. The second-order valence-corrected chi connectivity index (χ2v) is 27.6. The van der Waals surface area contributed by atoms with Crippen LogP contribution in [-0.4, -0.2) is 199 Å². The maximum absolute atomic E-state index is 13.3. The van der Waals surface area contributed by atoms with Crippen LogP contribution in [-0.2, 0) is 66.9 Å². The molecule has 0 aliphatic rings. The van der Waals surface area contributed by atoms with Gasteiger partial charge in [-0.3, -0.25) is 4.79 Å². The van der Waals surface area contributed by atoms with Gasteiger partial charge in [-0.25, -0.2) is 33.6 Å². The Labute approximate surface area is 638 Å². The van der Waals surface area contributed by atoms with Crippen molar-refractivity contribution in [2.24, 2.45) is 0 Å². The number of unbranched alkanes of at least 4 members (excludes halogenated alkanes) is 11. The Balaban J connectivity index is 0.000000703. The second kappa shape index (κ2) is 57.4. The van der Waals surface area contributed by atoms with E-state index in [1.807, 2.05) is 0 Å². The van der Waals surface area contributed by atoms with E-state index in [-0.39, 0.29) is 141 Å². The zero-order chi connectivity index (χ0) is 80.8. The minimum atomic E-state index is -6.06. The molecular weight excluding hydrogens is 1600 g/mol. The number of hydrogen-bond donors (Lipinski definition) is 8. The summed E-state index contributed by atoms with van der Waals surface area (Å²) in [6.45, 7) is 13.8. The van der Waals surface area contributed by atoms with Crippen LogP contribution < -0.4 is 0 Å². The molecule has 0 bridgehead atoms. The molecule has 0 amide bonds. The van der Waals surface area contributed by atoms with Crippen LogP contribution in [0.4, 0.5) is 0 Å². The third-order valence-corrected chi connectivity index (χ3v) is 15.9. The molecule has 0 aliphatic carbocycles. The summed E-state index contributed by atoms with van der Waals surface area (Å²) in [7, 11) is 0. The van der Waals surface area contributed by atoms with Crippen molar-refractivity contribution in [3.8, 4) is 22.3 Å². The molecule has 0 aromatic heterocycles. The molecule has 0 heterocycles. The first-order valence-corrected chi connectivity index (χ1v) is 40.5. The van der Waals surface area contributed by atoms with Crippen LogP contribution in [0, 0.1) is 0 Å². The second-order valence-electron chi connectivity index (χ2n) is 25.1. The van der Waals surface area contributed by atoms with Gasteiger partial charge in [-0.15, -0.1) is 26.3 Å². The quantitative estimate of drug-likeness (QED) is 0.00669. The summed E-state index contributed by atoms with van der Waals surface area (Å²) in [6, 6.07) is 17.5. The van der Waals surface area contributed by atoms with Crippen LogP contribution in [0.2, 0.25) is 0 Å². The summed E-state index contributed by atoms with van der Waals surface area (Å²) >= 11 is -6.06. The number of ketones is 1. The molecule has 604 valence electrons. The first-order valence-electron chi connectivity index (χ1n) is 36.3. The van der Waals surface area contributed by atoms with Gasteiger partial charge in [0.05, 0.1) is 136 Å². The number of benzene rings is 4.